The van der Waals surface area contributed by atoms with Gasteiger partial charge in [0.05, 0.1) is 24.7 Å². The first-order valence-corrected chi connectivity index (χ1v) is 5.72. The molecule has 4 nitrogen and oxygen atoms in total. The lowest BCUT2D eigenvalue weighted by atomic mass is 9.99. The fourth-order valence-electron chi connectivity index (χ4n) is 1.51. The van der Waals surface area contributed by atoms with E-state index in [1.807, 2.05) is 0 Å². The molecule has 5 heteroatoms. The van der Waals surface area contributed by atoms with Gasteiger partial charge in [0.1, 0.15) is 5.75 Å². The molecular formula is C12H16ClNO3. The lowest BCUT2D eigenvalue weighted by Gasteiger charge is -2.14. The van der Waals surface area contributed by atoms with E-state index in [2.05, 4.69) is 0 Å². The second kappa shape index (κ2) is 6.47. The van der Waals surface area contributed by atoms with Crippen molar-refractivity contribution in [1.29, 1.82) is 0 Å². The highest BCUT2D eigenvalue weighted by molar-refractivity contribution is 6.32. The fourth-order valence-corrected chi connectivity index (χ4v) is 1.78. The summed E-state index contributed by atoms with van der Waals surface area (Å²) >= 11 is 5.99. The van der Waals surface area contributed by atoms with Gasteiger partial charge in [-0.2, -0.15) is 0 Å². The van der Waals surface area contributed by atoms with E-state index in [1.54, 1.807) is 25.1 Å². The average Bonchev–Trinajstić information content (AvgIpc) is 2.30. The first kappa shape index (κ1) is 13.8. The van der Waals surface area contributed by atoms with Crippen molar-refractivity contribution in [3.05, 3.63) is 28.8 Å². The van der Waals surface area contributed by atoms with E-state index in [1.165, 1.54) is 7.11 Å². The molecule has 0 aliphatic rings. The van der Waals surface area contributed by atoms with Crippen LogP contribution >= 0.6 is 11.6 Å². The summed E-state index contributed by atoms with van der Waals surface area (Å²) in [4.78, 5) is 11.7. The van der Waals surface area contributed by atoms with Crippen LogP contribution in [0.5, 0.6) is 5.75 Å². The highest BCUT2D eigenvalue weighted by atomic mass is 35.5. The lowest BCUT2D eigenvalue weighted by Crippen LogP contribution is -2.23. The predicted octanol–water partition coefficient (Wildman–Crippen LogP) is 1.95. The zero-order valence-corrected chi connectivity index (χ0v) is 10.7. The van der Waals surface area contributed by atoms with Crippen LogP contribution in [0.25, 0.3) is 0 Å². The molecule has 1 aromatic rings. The van der Waals surface area contributed by atoms with Crippen LogP contribution < -0.4 is 10.5 Å². The number of nitrogens with two attached hydrogens (primary N) is 1. The highest BCUT2D eigenvalue weighted by Crippen LogP contribution is 2.28. The number of rotatable bonds is 5. The Morgan fingerprint density at radius 3 is 2.71 bits per heavy atom. The molecule has 1 aromatic carbocycles. The van der Waals surface area contributed by atoms with Crippen LogP contribution in [0.15, 0.2) is 18.2 Å². The van der Waals surface area contributed by atoms with Crippen LogP contribution in [0.4, 0.5) is 0 Å². The number of hydrogen-bond acceptors (Lipinski definition) is 4. The van der Waals surface area contributed by atoms with Crippen molar-refractivity contribution in [2.24, 2.45) is 5.73 Å². The van der Waals surface area contributed by atoms with Crippen LogP contribution in [0.2, 0.25) is 5.02 Å². The van der Waals surface area contributed by atoms with E-state index >= 15 is 0 Å². The van der Waals surface area contributed by atoms with Gasteiger partial charge in [-0.3, -0.25) is 4.79 Å². The van der Waals surface area contributed by atoms with Crippen molar-refractivity contribution in [3.8, 4) is 5.75 Å². The second-order valence-electron chi connectivity index (χ2n) is 3.43. The van der Waals surface area contributed by atoms with Gasteiger partial charge >= 0.3 is 5.97 Å². The quantitative estimate of drug-likeness (QED) is 0.819. The summed E-state index contributed by atoms with van der Waals surface area (Å²) < 4.78 is 9.99. The Kier molecular flexibility index (Phi) is 5.25. The molecule has 0 aliphatic carbocycles. The Morgan fingerprint density at radius 2 is 2.24 bits per heavy atom. The summed E-state index contributed by atoms with van der Waals surface area (Å²) in [6, 6.07) is 5.15. The van der Waals surface area contributed by atoms with E-state index in [0.717, 1.165) is 5.56 Å². The first-order valence-electron chi connectivity index (χ1n) is 5.34. The molecule has 94 valence electrons. The molecule has 1 unspecified atom stereocenters. The minimum Gasteiger partial charge on any atom is -0.495 e. The molecule has 0 aromatic heterocycles. The molecule has 0 aliphatic heterocycles. The van der Waals surface area contributed by atoms with Gasteiger partial charge < -0.3 is 15.2 Å². The predicted molar refractivity (Wildman–Crippen MR) is 66.4 cm³/mol. The Morgan fingerprint density at radius 1 is 1.53 bits per heavy atom. The summed E-state index contributed by atoms with van der Waals surface area (Å²) in [5.74, 6) is -0.260. The molecule has 0 saturated carbocycles. The number of carbonyl (C=O) groups is 1. The van der Waals surface area contributed by atoms with Crippen molar-refractivity contribution in [2.75, 3.05) is 20.3 Å². The maximum Gasteiger partial charge on any atom is 0.314 e. The molecule has 0 heterocycles. The Hall–Kier alpha value is -1.26. The topological polar surface area (TPSA) is 61.5 Å². The Bertz CT molecular complexity index is 395. The third kappa shape index (κ3) is 3.35. The minimum atomic E-state index is -0.488. The summed E-state index contributed by atoms with van der Waals surface area (Å²) in [6.45, 7) is 2.27. The molecule has 0 bridgehead atoms. The van der Waals surface area contributed by atoms with E-state index < -0.39 is 5.92 Å². The molecule has 1 rings (SSSR count). The molecule has 0 amide bonds. The van der Waals surface area contributed by atoms with E-state index in [4.69, 9.17) is 26.8 Å². The van der Waals surface area contributed by atoms with E-state index in [-0.39, 0.29) is 12.5 Å². The van der Waals surface area contributed by atoms with Crippen LogP contribution in [0.1, 0.15) is 18.4 Å². The molecule has 0 radical (unpaired) electrons. The van der Waals surface area contributed by atoms with Gasteiger partial charge in [-0.1, -0.05) is 17.7 Å². The fraction of sp³-hybridized carbons (Fsp3) is 0.417. The van der Waals surface area contributed by atoms with Gasteiger partial charge in [0.25, 0.3) is 0 Å². The van der Waals surface area contributed by atoms with Crippen LogP contribution in [-0.2, 0) is 9.53 Å². The molecule has 1 atom stereocenters. The van der Waals surface area contributed by atoms with E-state index in [0.29, 0.717) is 17.4 Å². The molecule has 0 fully saturated rings. The summed E-state index contributed by atoms with van der Waals surface area (Å²) in [5.41, 5.74) is 6.31. The first-order chi connectivity index (χ1) is 8.13. The van der Waals surface area contributed by atoms with Crippen molar-refractivity contribution >= 4 is 17.6 Å². The number of carbonyl (C=O) groups excluding carboxylic acids is 1. The molecule has 2 N–H and O–H groups in total. The summed E-state index contributed by atoms with van der Waals surface area (Å²) in [6.07, 6.45) is 0. The van der Waals surface area contributed by atoms with Gasteiger partial charge in [0.15, 0.2) is 0 Å². The maximum atomic E-state index is 11.7. The van der Waals surface area contributed by atoms with Crippen molar-refractivity contribution in [1.82, 2.24) is 0 Å². The summed E-state index contributed by atoms with van der Waals surface area (Å²) in [7, 11) is 1.53. The van der Waals surface area contributed by atoms with Gasteiger partial charge in [0, 0.05) is 6.54 Å². The zero-order chi connectivity index (χ0) is 12.8. The number of ether oxygens (including phenoxy) is 2. The van der Waals surface area contributed by atoms with E-state index in [9.17, 15) is 4.79 Å². The van der Waals surface area contributed by atoms with Crippen LogP contribution in [0.3, 0.4) is 0 Å². The van der Waals surface area contributed by atoms with Gasteiger partial charge in [-0.05, 0) is 24.6 Å². The third-order valence-electron chi connectivity index (χ3n) is 2.39. The van der Waals surface area contributed by atoms with Crippen LogP contribution in [-0.4, -0.2) is 26.2 Å². The summed E-state index contributed by atoms with van der Waals surface area (Å²) in [5, 5.41) is 0.452. The Balaban J connectivity index is 2.96. The maximum absolute atomic E-state index is 11.7. The van der Waals surface area contributed by atoms with Crippen LogP contribution in [0, 0.1) is 0 Å². The molecule has 0 spiro atoms. The number of esters is 1. The zero-order valence-electron chi connectivity index (χ0n) is 9.90. The molecule has 17 heavy (non-hydrogen) atoms. The normalized spacial score (nSPS) is 12.0. The van der Waals surface area contributed by atoms with Gasteiger partial charge in [0.2, 0.25) is 0 Å². The third-order valence-corrected chi connectivity index (χ3v) is 2.68. The number of benzene rings is 1. The standard InChI is InChI=1S/C12H16ClNO3/c1-3-17-12(15)9(7-14)8-4-5-11(16-2)10(13)6-8/h4-6,9H,3,7,14H2,1-2H3. The SMILES string of the molecule is CCOC(=O)C(CN)c1ccc(OC)c(Cl)c1. The lowest BCUT2D eigenvalue weighted by molar-refractivity contribution is -0.144. The second-order valence-corrected chi connectivity index (χ2v) is 3.84. The minimum absolute atomic E-state index is 0.182. The smallest absolute Gasteiger partial charge is 0.314 e. The Labute approximate surface area is 106 Å². The van der Waals surface area contributed by atoms with Crippen molar-refractivity contribution in [2.45, 2.75) is 12.8 Å². The van der Waals surface area contributed by atoms with Gasteiger partial charge in [-0.15, -0.1) is 0 Å². The van der Waals surface area contributed by atoms with Gasteiger partial charge in [-0.25, -0.2) is 0 Å². The van der Waals surface area contributed by atoms with Crippen molar-refractivity contribution < 1.29 is 14.3 Å². The number of hydrogen-bond donors (Lipinski definition) is 1. The molecule has 0 saturated heterocycles. The monoisotopic (exact) mass is 257 g/mol. The largest absolute Gasteiger partial charge is 0.495 e. The molecular weight excluding hydrogens is 242 g/mol. The average molecular weight is 258 g/mol. The van der Waals surface area contributed by atoms with Crippen molar-refractivity contribution in [3.63, 3.8) is 0 Å². The highest BCUT2D eigenvalue weighted by Gasteiger charge is 2.21. The number of halogens is 1. The number of methoxy groups -OCH3 is 1.